The first-order valence-corrected chi connectivity index (χ1v) is 8.94. The third-order valence-corrected chi connectivity index (χ3v) is 5.10. The van der Waals surface area contributed by atoms with Crippen molar-refractivity contribution in [1.29, 1.82) is 0 Å². The molecule has 2 heterocycles. The molecule has 128 valence electrons. The van der Waals surface area contributed by atoms with Crippen molar-refractivity contribution in [2.75, 3.05) is 5.32 Å². The minimum Gasteiger partial charge on any atom is -0.348 e. The molecule has 1 aromatic heterocycles. The van der Waals surface area contributed by atoms with Gasteiger partial charge in [0.25, 0.3) is 0 Å². The summed E-state index contributed by atoms with van der Waals surface area (Å²) < 4.78 is 2.00. The van der Waals surface area contributed by atoms with Gasteiger partial charge in [0.15, 0.2) is 0 Å². The minimum atomic E-state index is 0.203. The molecule has 25 heavy (non-hydrogen) atoms. The fourth-order valence-corrected chi connectivity index (χ4v) is 3.52. The van der Waals surface area contributed by atoms with E-state index in [-0.39, 0.29) is 12.1 Å². The highest BCUT2D eigenvalue weighted by Crippen LogP contribution is 2.37. The molecule has 3 aromatic rings. The normalized spacial score (nSPS) is 19.5. The van der Waals surface area contributed by atoms with Gasteiger partial charge in [0.05, 0.1) is 12.1 Å². The van der Waals surface area contributed by atoms with Crippen LogP contribution >= 0.6 is 0 Å². The number of fused-ring (bicyclic) bond motifs is 1. The Hall–Kier alpha value is -2.62. The van der Waals surface area contributed by atoms with Gasteiger partial charge in [0, 0.05) is 0 Å². The van der Waals surface area contributed by atoms with E-state index in [1.165, 1.54) is 22.3 Å². The van der Waals surface area contributed by atoms with Crippen molar-refractivity contribution < 1.29 is 0 Å². The van der Waals surface area contributed by atoms with Crippen molar-refractivity contribution in [2.45, 2.75) is 45.2 Å². The Morgan fingerprint density at radius 2 is 1.68 bits per heavy atom. The average molecular weight is 332 g/mol. The van der Waals surface area contributed by atoms with Crippen LogP contribution in [0, 0.1) is 6.92 Å². The molecule has 2 aromatic carbocycles. The summed E-state index contributed by atoms with van der Waals surface area (Å²) in [4.78, 5) is 4.41. The van der Waals surface area contributed by atoms with E-state index in [2.05, 4.69) is 84.7 Å². The molecule has 4 nitrogen and oxygen atoms in total. The van der Waals surface area contributed by atoms with Crippen LogP contribution in [0.3, 0.4) is 0 Å². The highest BCUT2D eigenvalue weighted by molar-refractivity contribution is 5.39. The van der Waals surface area contributed by atoms with Crippen molar-refractivity contribution in [1.82, 2.24) is 14.8 Å². The van der Waals surface area contributed by atoms with E-state index in [4.69, 9.17) is 0 Å². The molecule has 4 heteroatoms. The van der Waals surface area contributed by atoms with E-state index < -0.39 is 0 Å². The lowest BCUT2D eigenvalue weighted by Gasteiger charge is -2.32. The number of anilines is 1. The van der Waals surface area contributed by atoms with E-state index in [9.17, 15) is 0 Å². The third kappa shape index (κ3) is 3.04. The second kappa shape index (κ2) is 6.36. The topological polar surface area (TPSA) is 42.7 Å². The van der Waals surface area contributed by atoms with Gasteiger partial charge in [-0.25, -0.2) is 4.68 Å². The molecular formula is C21H24N4. The van der Waals surface area contributed by atoms with Crippen molar-refractivity contribution in [2.24, 2.45) is 0 Å². The molecule has 0 bridgehead atoms. The van der Waals surface area contributed by atoms with Crippen LogP contribution in [0.15, 0.2) is 54.9 Å². The molecule has 4 rings (SSSR count). The summed E-state index contributed by atoms with van der Waals surface area (Å²) in [6.45, 7) is 6.57. The summed E-state index contributed by atoms with van der Waals surface area (Å²) in [6.07, 6.45) is 2.59. The lowest BCUT2D eigenvalue weighted by molar-refractivity contribution is 0.431. The maximum atomic E-state index is 4.45. The Morgan fingerprint density at radius 1 is 1.00 bits per heavy atom. The van der Waals surface area contributed by atoms with Crippen LogP contribution in [-0.4, -0.2) is 14.8 Å². The van der Waals surface area contributed by atoms with Gasteiger partial charge in [0.1, 0.15) is 6.33 Å². The summed E-state index contributed by atoms with van der Waals surface area (Å²) in [5.74, 6) is 1.39. The van der Waals surface area contributed by atoms with E-state index >= 15 is 0 Å². The molecule has 1 aliphatic heterocycles. The zero-order chi connectivity index (χ0) is 17.4. The van der Waals surface area contributed by atoms with Gasteiger partial charge in [-0.15, -0.1) is 0 Å². The standard InChI is InChI=1S/C21H24N4/c1-14(2)16-8-10-17(11-9-16)19-12-20(18-6-4-15(3)5-7-18)25-21(24-19)22-13-23-25/h4-11,13-14,19-20H,12H2,1-3H3,(H,22,23,24). The maximum absolute atomic E-state index is 4.45. The molecule has 2 atom stereocenters. The Kier molecular flexibility index (Phi) is 4.04. The number of hydrogen-bond acceptors (Lipinski definition) is 3. The average Bonchev–Trinajstić information content (AvgIpc) is 3.10. The Bertz CT molecular complexity index is 846. The van der Waals surface area contributed by atoms with Crippen LogP contribution in [0.4, 0.5) is 5.95 Å². The van der Waals surface area contributed by atoms with E-state index in [0.717, 1.165) is 12.4 Å². The van der Waals surface area contributed by atoms with Crippen LogP contribution in [0.5, 0.6) is 0 Å². The summed E-state index contributed by atoms with van der Waals surface area (Å²) in [7, 11) is 0. The van der Waals surface area contributed by atoms with Crippen molar-refractivity contribution in [3.63, 3.8) is 0 Å². The number of rotatable bonds is 3. The first kappa shape index (κ1) is 15.9. The molecule has 0 radical (unpaired) electrons. The third-order valence-electron chi connectivity index (χ3n) is 5.10. The second-order valence-electron chi connectivity index (χ2n) is 7.21. The summed E-state index contributed by atoms with van der Waals surface area (Å²) in [5, 5.41) is 7.99. The fraction of sp³-hybridized carbons (Fsp3) is 0.333. The van der Waals surface area contributed by atoms with Gasteiger partial charge in [-0.2, -0.15) is 10.1 Å². The van der Waals surface area contributed by atoms with Gasteiger partial charge < -0.3 is 5.32 Å². The first-order valence-electron chi connectivity index (χ1n) is 8.94. The Labute approximate surface area is 148 Å². The number of nitrogens with zero attached hydrogens (tertiary/aromatic N) is 3. The molecule has 2 unspecified atom stereocenters. The minimum absolute atomic E-state index is 0.203. The van der Waals surface area contributed by atoms with E-state index in [1.807, 2.05) is 4.68 Å². The summed E-state index contributed by atoms with van der Waals surface area (Å²) in [6, 6.07) is 18.1. The zero-order valence-corrected chi connectivity index (χ0v) is 15.0. The molecule has 0 saturated heterocycles. The molecular weight excluding hydrogens is 308 g/mol. The predicted molar refractivity (Wildman–Crippen MR) is 101 cm³/mol. The van der Waals surface area contributed by atoms with E-state index in [1.54, 1.807) is 6.33 Å². The Balaban J connectivity index is 1.67. The molecule has 0 saturated carbocycles. The SMILES string of the molecule is Cc1ccc(C2CC(c3ccc(C(C)C)cc3)Nc3ncnn32)cc1. The number of nitrogens with one attached hydrogen (secondary N) is 1. The molecule has 1 N–H and O–H groups in total. The van der Waals surface area contributed by atoms with Gasteiger partial charge in [-0.1, -0.05) is 67.9 Å². The molecule has 1 aliphatic rings. The van der Waals surface area contributed by atoms with Crippen molar-refractivity contribution >= 4 is 5.95 Å². The Morgan fingerprint density at radius 3 is 2.36 bits per heavy atom. The molecule has 0 amide bonds. The second-order valence-corrected chi connectivity index (χ2v) is 7.21. The summed E-state index contributed by atoms with van der Waals surface area (Å²) in [5.41, 5.74) is 5.23. The van der Waals surface area contributed by atoms with E-state index in [0.29, 0.717) is 5.92 Å². The fourth-order valence-electron chi connectivity index (χ4n) is 3.52. The quantitative estimate of drug-likeness (QED) is 0.745. The predicted octanol–water partition coefficient (Wildman–Crippen LogP) is 4.86. The largest absolute Gasteiger partial charge is 0.348 e. The molecule has 0 spiro atoms. The molecule has 0 aliphatic carbocycles. The lowest BCUT2D eigenvalue weighted by Crippen LogP contribution is -2.28. The van der Waals surface area contributed by atoms with Crippen molar-refractivity contribution in [3.05, 3.63) is 77.1 Å². The number of hydrogen-bond donors (Lipinski definition) is 1. The highest BCUT2D eigenvalue weighted by Gasteiger charge is 2.29. The van der Waals surface area contributed by atoms with Crippen LogP contribution in [0.25, 0.3) is 0 Å². The first-order chi connectivity index (χ1) is 12.1. The zero-order valence-electron chi connectivity index (χ0n) is 15.0. The smallest absolute Gasteiger partial charge is 0.222 e. The van der Waals surface area contributed by atoms with Gasteiger partial charge >= 0.3 is 0 Å². The highest BCUT2D eigenvalue weighted by atomic mass is 15.4. The number of aromatic nitrogens is 3. The summed E-state index contributed by atoms with van der Waals surface area (Å²) >= 11 is 0. The molecule has 0 fully saturated rings. The number of benzene rings is 2. The van der Waals surface area contributed by atoms with Gasteiger partial charge in [-0.3, -0.25) is 0 Å². The monoisotopic (exact) mass is 332 g/mol. The van der Waals surface area contributed by atoms with Crippen LogP contribution in [-0.2, 0) is 0 Å². The van der Waals surface area contributed by atoms with Gasteiger partial charge in [0.2, 0.25) is 5.95 Å². The van der Waals surface area contributed by atoms with Crippen molar-refractivity contribution in [3.8, 4) is 0 Å². The number of aryl methyl sites for hydroxylation is 1. The lowest BCUT2D eigenvalue weighted by atomic mass is 9.91. The van der Waals surface area contributed by atoms with Crippen LogP contribution in [0.1, 0.15) is 60.5 Å². The van der Waals surface area contributed by atoms with Gasteiger partial charge in [-0.05, 0) is 36.0 Å². The maximum Gasteiger partial charge on any atom is 0.222 e. The van der Waals surface area contributed by atoms with Crippen LogP contribution < -0.4 is 5.32 Å². The van der Waals surface area contributed by atoms with Crippen LogP contribution in [0.2, 0.25) is 0 Å².